The second kappa shape index (κ2) is 8.08. The molecule has 0 aromatic heterocycles. The standard InChI is InChI=1S/C18H18FNO3/c1-13(21)15-3-2-4-17(11-15)23-12-18(22)20-10-9-14-5-7-16(19)8-6-14/h2-8,11H,9-10,12H2,1H3,(H,20,22). The number of hydrogen-bond donors (Lipinski definition) is 1. The summed E-state index contributed by atoms with van der Waals surface area (Å²) < 4.78 is 18.1. The monoisotopic (exact) mass is 315 g/mol. The predicted octanol–water partition coefficient (Wildman–Crippen LogP) is 2.77. The molecule has 0 unspecified atom stereocenters. The van der Waals surface area contributed by atoms with Crippen LogP contribution in [0.15, 0.2) is 48.5 Å². The minimum atomic E-state index is -0.279. The van der Waals surface area contributed by atoms with Crippen LogP contribution in [0.3, 0.4) is 0 Å². The van der Waals surface area contributed by atoms with Crippen molar-refractivity contribution in [2.24, 2.45) is 0 Å². The molecular weight excluding hydrogens is 297 g/mol. The summed E-state index contributed by atoms with van der Waals surface area (Å²) in [4.78, 5) is 23.0. The first kappa shape index (κ1) is 16.7. The minimum Gasteiger partial charge on any atom is -0.484 e. The average molecular weight is 315 g/mol. The summed E-state index contributed by atoms with van der Waals surface area (Å²) in [5.41, 5.74) is 1.49. The van der Waals surface area contributed by atoms with Crippen molar-refractivity contribution in [2.45, 2.75) is 13.3 Å². The number of Topliss-reactive ketones (excluding diaryl/α,β-unsaturated/α-hetero) is 1. The summed E-state index contributed by atoms with van der Waals surface area (Å²) in [6, 6.07) is 12.9. The van der Waals surface area contributed by atoms with Crippen LogP contribution < -0.4 is 10.1 Å². The molecule has 0 heterocycles. The zero-order valence-corrected chi connectivity index (χ0v) is 12.8. The molecule has 5 heteroatoms. The van der Waals surface area contributed by atoms with Crippen molar-refractivity contribution >= 4 is 11.7 Å². The van der Waals surface area contributed by atoms with E-state index < -0.39 is 0 Å². The number of halogens is 1. The molecule has 0 atom stereocenters. The van der Waals surface area contributed by atoms with Crippen molar-refractivity contribution in [1.82, 2.24) is 5.32 Å². The third kappa shape index (κ3) is 5.54. The van der Waals surface area contributed by atoms with E-state index >= 15 is 0 Å². The topological polar surface area (TPSA) is 55.4 Å². The summed E-state index contributed by atoms with van der Waals surface area (Å²) >= 11 is 0. The Hall–Kier alpha value is -2.69. The van der Waals surface area contributed by atoms with Gasteiger partial charge in [0.05, 0.1) is 0 Å². The predicted molar refractivity (Wildman–Crippen MR) is 85.1 cm³/mol. The number of ketones is 1. The summed E-state index contributed by atoms with van der Waals surface area (Å²) in [7, 11) is 0. The highest BCUT2D eigenvalue weighted by Crippen LogP contribution is 2.13. The number of benzene rings is 2. The molecule has 0 spiro atoms. The lowest BCUT2D eigenvalue weighted by Crippen LogP contribution is -2.30. The van der Waals surface area contributed by atoms with Crippen LogP contribution in [0.25, 0.3) is 0 Å². The third-order valence-electron chi connectivity index (χ3n) is 3.26. The van der Waals surface area contributed by atoms with E-state index in [1.165, 1.54) is 19.1 Å². The number of amides is 1. The van der Waals surface area contributed by atoms with Crippen LogP contribution in [-0.4, -0.2) is 24.8 Å². The van der Waals surface area contributed by atoms with Gasteiger partial charge in [0.2, 0.25) is 0 Å². The van der Waals surface area contributed by atoms with Crippen molar-refractivity contribution in [3.63, 3.8) is 0 Å². The van der Waals surface area contributed by atoms with Crippen LogP contribution in [0.5, 0.6) is 5.75 Å². The third-order valence-corrected chi connectivity index (χ3v) is 3.26. The van der Waals surface area contributed by atoms with Crippen molar-refractivity contribution in [3.8, 4) is 5.75 Å². The molecule has 1 amide bonds. The fourth-order valence-electron chi connectivity index (χ4n) is 2.00. The Balaban J connectivity index is 1.73. The van der Waals surface area contributed by atoms with Crippen molar-refractivity contribution in [2.75, 3.05) is 13.2 Å². The Bertz CT molecular complexity index is 683. The second-order valence-corrected chi connectivity index (χ2v) is 5.10. The van der Waals surface area contributed by atoms with E-state index in [4.69, 9.17) is 4.74 Å². The van der Waals surface area contributed by atoms with Gasteiger partial charge < -0.3 is 10.1 Å². The molecule has 0 aliphatic carbocycles. The quantitative estimate of drug-likeness (QED) is 0.799. The first-order valence-corrected chi connectivity index (χ1v) is 7.29. The average Bonchev–Trinajstić information content (AvgIpc) is 2.55. The van der Waals surface area contributed by atoms with Gasteiger partial charge in [-0.3, -0.25) is 9.59 Å². The van der Waals surface area contributed by atoms with Crippen LogP contribution in [0.1, 0.15) is 22.8 Å². The molecule has 1 N–H and O–H groups in total. The highest BCUT2D eigenvalue weighted by atomic mass is 19.1. The SMILES string of the molecule is CC(=O)c1cccc(OCC(=O)NCCc2ccc(F)cc2)c1. The van der Waals surface area contributed by atoms with Gasteiger partial charge in [0, 0.05) is 12.1 Å². The summed E-state index contributed by atoms with van der Waals surface area (Å²) in [5, 5.41) is 2.73. The highest BCUT2D eigenvalue weighted by Gasteiger charge is 2.05. The van der Waals surface area contributed by atoms with E-state index in [1.54, 1.807) is 36.4 Å². The number of carbonyl (C=O) groups excluding carboxylic acids is 2. The van der Waals surface area contributed by atoms with E-state index in [1.807, 2.05) is 0 Å². The molecule has 0 saturated carbocycles. The zero-order chi connectivity index (χ0) is 16.7. The van der Waals surface area contributed by atoms with Crippen LogP contribution in [0, 0.1) is 5.82 Å². The molecule has 23 heavy (non-hydrogen) atoms. The summed E-state index contributed by atoms with van der Waals surface area (Å²) in [5.74, 6) is -0.107. The first-order chi connectivity index (χ1) is 11.0. The second-order valence-electron chi connectivity index (χ2n) is 5.10. The summed E-state index contributed by atoms with van der Waals surface area (Å²) in [6.07, 6.45) is 0.617. The number of ether oxygens (including phenoxy) is 1. The molecule has 120 valence electrons. The maximum absolute atomic E-state index is 12.8. The Morgan fingerprint density at radius 1 is 1.13 bits per heavy atom. The van der Waals surface area contributed by atoms with Gasteiger partial charge in [-0.05, 0) is 43.2 Å². The Morgan fingerprint density at radius 2 is 1.87 bits per heavy atom. The molecule has 0 fully saturated rings. The molecule has 2 aromatic rings. The van der Waals surface area contributed by atoms with Gasteiger partial charge in [0.25, 0.3) is 5.91 Å². The molecule has 2 aromatic carbocycles. The lowest BCUT2D eigenvalue weighted by Gasteiger charge is -2.08. The van der Waals surface area contributed by atoms with Crippen molar-refractivity contribution in [1.29, 1.82) is 0 Å². The fourth-order valence-corrected chi connectivity index (χ4v) is 2.00. The molecular formula is C18H18FNO3. The van der Waals surface area contributed by atoms with Gasteiger partial charge in [-0.1, -0.05) is 24.3 Å². The van der Waals surface area contributed by atoms with Gasteiger partial charge in [-0.2, -0.15) is 0 Å². The van der Waals surface area contributed by atoms with Crippen LogP contribution in [0.4, 0.5) is 4.39 Å². The maximum atomic E-state index is 12.8. The van der Waals surface area contributed by atoms with E-state index in [0.29, 0.717) is 24.3 Å². The van der Waals surface area contributed by atoms with Gasteiger partial charge in [0.1, 0.15) is 11.6 Å². The van der Waals surface area contributed by atoms with Crippen LogP contribution in [-0.2, 0) is 11.2 Å². The van der Waals surface area contributed by atoms with E-state index in [0.717, 1.165) is 5.56 Å². The van der Waals surface area contributed by atoms with Crippen molar-refractivity contribution in [3.05, 3.63) is 65.5 Å². The first-order valence-electron chi connectivity index (χ1n) is 7.29. The molecule has 2 rings (SSSR count). The van der Waals surface area contributed by atoms with Crippen molar-refractivity contribution < 1.29 is 18.7 Å². The zero-order valence-electron chi connectivity index (χ0n) is 12.8. The van der Waals surface area contributed by atoms with Gasteiger partial charge in [0.15, 0.2) is 12.4 Å². The summed E-state index contributed by atoms with van der Waals surface area (Å²) in [6.45, 7) is 1.80. The fraction of sp³-hybridized carbons (Fsp3) is 0.222. The number of hydrogen-bond acceptors (Lipinski definition) is 3. The lowest BCUT2D eigenvalue weighted by atomic mass is 10.1. The lowest BCUT2D eigenvalue weighted by molar-refractivity contribution is -0.123. The molecule has 0 saturated heterocycles. The molecule has 0 radical (unpaired) electrons. The van der Waals surface area contributed by atoms with Gasteiger partial charge in [-0.15, -0.1) is 0 Å². The van der Waals surface area contributed by atoms with Crippen LogP contribution in [0.2, 0.25) is 0 Å². The Kier molecular flexibility index (Phi) is 5.86. The largest absolute Gasteiger partial charge is 0.484 e. The van der Waals surface area contributed by atoms with E-state index in [2.05, 4.69) is 5.32 Å². The van der Waals surface area contributed by atoms with E-state index in [-0.39, 0.29) is 24.1 Å². The molecule has 4 nitrogen and oxygen atoms in total. The van der Waals surface area contributed by atoms with Gasteiger partial charge >= 0.3 is 0 Å². The smallest absolute Gasteiger partial charge is 0.257 e. The van der Waals surface area contributed by atoms with Crippen LogP contribution >= 0.6 is 0 Å². The maximum Gasteiger partial charge on any atom is 0.257 e. The minimum absolute atomic E-state index is 0.0563. The Morgan fingerprint density at radius 3 is 2.57 bits per heavy atom. The number of rotatable bonds is 7. The highest BCUT2D eigenvalue weighted by molar-refractivity contribution is 5.94. The molecule has 0 aliphatic rings. The number of carbonyl (C=O) groups is 2. The number of nitrogens with one attached hydrogen (secondary N) is 1. The normalized spacial score (nSPS) is 10.2. The molecule has 0 aliphatic heterocycles. The molecule has 0 bridgehead atoms. The van der Waals surface area contributed by atoms with Gasteiger partial charge in [-0.25, -0.2) is 4.39 Å². The Labute approximate surface area is 134 Å². The van der Waals surface area contributed by atoms with E-state index in [9.17, 15) is 14.0 Å².